The van der Waals surface area contributed by atoms with E-state index in [1.165, 1.54) is 6.07 Å². The first-order chi connectivity index (χ1) is 6.36. The van der Waals surface area contributed by atoms with Crippen molar-refractivity contribution < 1.29 is 5.11 Å². The molecule has 0 aromatic carbocycles. The fraction of sp³-hybridized carbons (Fsp3) is 0. The standard InChI is InChI=1S/C9H7N3O/c13-9-2-1-7(5-10-9)8-3-4-11-12-6-8/h1-6H,(H,10,13). The van der Waals surface area contributed by atoms with Crippen LogP contribution >= 0.6 is 0 Å². The highest BCUT2D eigenvalue weighted by Gasteiger charge is 1.97. The van der Waals surface area contributed by atoms with Gasteiger partial charge in [0, 0.05) is 23.4 Å². The molecule has 0 atom stereocenters. The summed E-state index contributed by atoms with van der Waals surface area (Å²) in [6.07, 6.45) is 4.85. The van der Waals surface area contributed by atoms with Crippen molar-refractivity contribution in [2.75, 3.05) is 0 Å². The van der Waals surface area contributed by atoms with E-state index in [1.54, 1.807) is 24.7 Å². The number of aromatic nitrogens is 3. The molecule has 0 radical (unpaired) electrons. The third-order valence-corrected chi connectivity index (χ3v) is 1.67. The van der Waals surface area contributed by atoms with Gasteiger partial charge in [-0.05, 0) is 12.1 Å². The van der Waals surface area contributed by atoms with Crippen molar-refractivity contribution in [3.63, 3.8) is 0 Å². The largest absolute Gasteiger partial charge is 0.493 e. The zero-order chi connectivity index (χ0) is 9.10. The smallest absolute Gasteiger partial charge is 0.210 e. The minimum atomic E-state index is 0.0192. The molecule has 0 aliphatic carbocycles. The first-order valence-corrected chi connectivity index (χ1v) is 3.78. The van der Waals surface area contributed by atoms with Gasteiger partial charge in [0.2, 0.25) is 5.88 Å². The number of nitrogens with zero attached hydrogens (tertiary/aromatic N) is 3. The van der Waals surface area contributed by atoms with Crippen LogP contribution in [0.5, 0.6) is 5.88 Å². The van der Waals surface area contributed by atoms with Gasteiger partial charge in [-0.15, -0.1) is 0 Å². The lowest BCUT2D eigenvalue weighted by molar-refractivity contribution is 0.453. The van der Waals surface area contributed by atoms with Gasteiger partial charge in [-0.25, -0.2) is 4.98 Å². The third kappa shape index (κ3) is 1.61. The number of pyridine rings is 1. The van der Waals surface area contributed by atoms with Crippen molar-refractivity contribution in [1.29, 1.82) is 0 Å². The van der Waals surface area contributed by atoms with Crippen LogP contribution in [0.15, 0.2) is 36.8 Å². The molecule has 0 saturated carbocycles. The minimum Gasteiger partial charge on any atom is -0.493 e. The first kappa shape index (κ1) is 7.67. The second-order valence-corrected chi connectivity index (χ2v) is 2.54. The Morgan fingerprint density at radius 3 is 2.38 bits per heavy atom. The Morgan fingerprint density at radius 2 is 1.77 bits per heavy atom. The fourth-order valence-electron chi connectivity index (χ4n) is 1.02. The first-order valence-electron chi connectivity index (χ1n) is 3.78. The van der Waals surface area contributed by atoms with Crippen molar-refractivity contribution in [2.24, 2.45) is 0 Å². The zero-order valence-electron chi connectivity index (χ0n) is 6.75. The maximum atomic E-state index is 8.96. The van der Waals surface area contributed by atoms with Gasteiger partial charge in [0.1, 0.15) is 0 Å². The van der Waals surface area contributed by atoms with Crippen molar-refractivity contribution in [1.82, 2.24) is 15.2 Å². The van der Waals surface area contributed by atoms with Crippen molar-refractivity contribution >= 4 is 0 Å². The van der Waals surface area contributed by atoms with E-state index in [9.17, 15) is 0 Å². The van der Waals surface area contributed by atoms with Crippen molar-refractivity contribution in [3.05, 3.63) is 36.8 Å². The lowest BCUT2D eigenvalue weighted by atomic mass is 10.1. The highest BCUT2D eigenvalue weighted by atomic mass is 16.3. The highest BCUT2D eigenvalue weighted by Crippen LogP contribution is 2.17. The SMILES string of the molecule is Oc1ccc(-c2ccnnc2)cn1. The summed E-state index contributed by atoms with van der Waals surface area (Å²) in [5, 5.41) is 16.4. The molecule has 4 nitrogen and oxygen atoms in total. The van der Waals surface area contributed by atoms with Crippen molar-refractivity contribution in [3.8, 4) is 17.0 Å². The summed E-state index contributed by atoms with van der Waals surface area (Å²) in [5.41, 5.74) is 1.84. The molecule has 2 aromatic rings. The average molecular weight is 173 g/mol. The summed E-state index contributed by atoms with van der Waals surface area (Å²) in [5.74, 6) is 0.0192. The second kappa shape index (κ2) is 3.18. The number of hydrogen-bond donors (Lipinski definition) is 1. The molecule has 4 heteroatoms. The van der Waals surface area contributed by atoms with Gasteiger partial charge in [-0.1, -0.05) is 0 Å². The normalized spacial score (nSPS) is 9.85. The van der Waals surface area contributed by atoms with E-state index in [2.05, 4.69) is 15.2 Å². The third-order valence-electron chi connectivity index (χ3n) is 1.67. The lowest BCUT2D eigenvalue weighted by Crippen LogP contribution is -1.83. The van der Waals surface area contributed by atoms with E-state index in [0.717, 1.165) is 11.1 Å². The average Bonchev–Trinajstić information content (AvgIpc) is 2.20. The van der Waals surface area contributed by atoms with Crippen LogP contribution in [0.2, 0.25) is 0 Å². The Bertz CT molecular complexity index is 385. The minimum absolute atomic E-state index is 0.0192. The summed E-state index contributed by atoms with van der Waals surface area (Å²) >= 11 is 0. The summed E-state index contributed by atoms with van der Waals surface area (Å²) < 4.78 is 0. The van der Waals surface area contributed by atoms with Crippen LogP contribution in [-0.4, -0.2) is 20.3 Å². The molecule has 13 heavy (non-hydrogen) atoms. The monoisotopic (exact) mass is 173 g/mol. The molecule has 0 aliphatic heterocycles. The van der Waals surface area contributed by atoms with Gasteiger partial charge in [-0.3, -0.25) is 0 Å². The van der Waals surface area contributed by atoms with E-state index in [0.29, 0.717) is 0 Å². The maximum absolute atomic E-state index is 8.96. The van der Waals surface area contributed by atoms with E-state index in [4.69, 9.17) is 5.11 Å². The van der Waals surface area contributed by atoms with Crippen LogP contribution in [-0.2, 0) is 0 Å². The Hall–Kier alpha value is -1.97. The molecule has 0 aliphatic rings. The number of rotatable bonds is 1. The Labute approximate surface area is 74.9 Å². The molecular weight excluding hydrogens is 166 g/mol. The van der Waals surface area contributed by atoms with Gasteiger partial charge < -0.3 is 5.11 Å². The summed E-state index contributed by atoms with van der Waals surface area (Å²) in [4.78, 5) is 3.76. The molecule has 0 fully saturated rings. The molecule has 2 heterocycles. The molecule has 2 rings (SSSR count). The zero-order valence-corrected chi connectivity index (χ0v) is 6.75. The molecule has 2 aromatic heterocycles. The van der Waals surface area contributed by atoms with E-state index >= 15 is 0 Å². The van der Waals surface area contributed by atoms with E-state index in [1.807, 2.05) is 6.07 Å². The second-order valence-electron chi connectivity index (χ2n) is 2.54. The Morgan fingerprint density at radius 1 is 0.923 bits per heavy atom. The Balaban J connectivity index is 2.42. The predicted molar refractivity (Wildman–Crippen MR) is 46.9 cm³/mol. The van der Waals surface area contributed by atoms with E-state index < -0.39 is 0 Å². The summed E-state index contributed by atoms with van der Waals surface area (Å²) in [6, 6.07) is 5.15. The summed E-state index contributed by atoms with van der Waals surface area (Å²) in [7, 11) is 0. The molecule has 1 N–H and O–H groups in total. The van der Waals surface area contributed by atoms with Crippen LogP contribution in [0.3, 0.4) is 0 Å². The molecule has 0 bridgehead atoms. The van der Waals surface area contributed by atoms with Crippen molar-refractivity contribution in [2.45, 2.75) is 0 Å². The van der Waals surface area contributed by atoms with Crippen LogP contribution in [0.4, 0.5) is 0 Å². The number of hydrogen-bond acceptors (Lipinski definition) is 4. The predicted octanol–water partition coefficient (Wildman–Crippen LogP) is 1.24. The van der Waals surface area contributed by atoms with Gasteiger partial charge in [0.25, 0.3) is 0 Å². The molecule has 64 valence electrons. The lowest BCUT2D eigenvalue weighted by Gasteiger charge is -1.98. The van der Waals surface area contributed by atoms with Gasteiger partial charge in [-0.2, -0.15) is 10.2 Å². The maximum Gasteiger partial charge on any atom is 0.210 e. The van der Waals surface area contributed by atoms with Crippen LogP contribution in [0.1, 0.15) is 0 Å². The topological polar surface area (TPSA) is 58.9 Å². The molecule has 0 unspecified atom stereocenters. The molecule has 0 amide bonds. The number of aromatic hydroxyl groups is 1. The molecule has 0 saturated heterocycles. The fourth-order valence-corrected chi connectivity index (χ4v) is 1.02. The van der Waals surface area contributed by atoms with Crippen LogP contribution in [0.25, 0.3) is 11.1 Å². The van der Waals surface area contributed by atoms with Crippen LogP contribution in [0, 0.1) is 0 Å². The van der Waals surface area contributed by atoms with Gasteiger partial charge in [0.15, 0.2) is 0 Å². The Kier molecular flexibility index (Phi) is 1.88. The quantitative estimate of drug-likeness (QED) is 0.704. The molecule has 0 spiro atoms. The summed E-state index contributed by atoms with van der Waals surface area (Å²) in [6.45, 7) is 0. The van der Waals surface area contributed by atoms with Crippen LogP contribution < -0.4 is 0 Å². The molecular formula is C9H7N3O. The highest BCUT2D eigenvalue weighted by molar-refractivity contribution is 5.60. The van der Waals surface area contributed by atoms with E-state index in [-0.39, 0.29) is 5.88 Å². The van der Waals surface area contributed by atoms with Gasteiger partial charge in [0.05, 0.1) is 12.4 Å². The van der Waals surface area contributed by atoms with Gasteiger partial charge >= 0.3 is 0 Å².